The molecule has 1 unspecified atom stereocenters. The van der Waals surface area contributed by atoms with Gasteiger partial charge < -0.3 is 15.2 Å². The molecule has 0 aromatic carbocycles. The molecule has 1 rings (SSSR count). The number of hydrogen-bond donors (Lipinski definition) is 2. The SMILES string of the molecule is CCc1cc(C(=O)NC(CCO)COC)sc1C. The third-order valence-corrected chi connectivity index (χ3v) is 3.90. The van der Waals surface area contributed by atoms with Crippen LogP contribution in [-0.4, -0.2) is 37.4 Å². The van der Waals surface area contributed by atoms with Gasteiger partial charge in [0.2, 0.25) is 0 Å². The van der Waals surface area contributed by atoms with E-state index in [4.69, 9.17) is 9.84 Å². The van der Waals surface area contributed by atoms with E-state index in [2.05, 4.69) is 12.2 Å². The smallest absolute Gasteiger partial charge is 0.261 e. The van der Waals surface area contributed by atoms with Crippen LogP contribution in [0.2, 0.25) is 0 Å². The molecular formula is C13H21NO3S. The first kappa shape index (κ1) is 15.1. The van der Waals surface area contributed by atoms with E-state index in [0.29, 0.717) is 13.0 Å². The number of carbonyl (C=O) groups is 1. The van der Waals surface area contributed by atoms with E-state index < -0.39 is 0 Å². The minimum Gasteiger partial charge on any atom is -0.396 e. The first-order chi connectivity index (χ1) is 8.62. The molecule has 0 radical (unpaired) electrons. The summed E-state index contributed by atoms with van der Waals surface area (Å²) in [5.74, 6) is -0.0849. The van der Waals surface area contributed by atoms with E-state index in [9.17, 15) is 4.79 Å². The lowest BCUT2D eigenvalue weighted by Crippen LogP contribution is -2.38. The first-order valence-corrected chi connectivity index (χ1v) is 6.94. The van der Waals surface area contributed by atoms with E-state index in [0.717, 1.165) is 11.3 Å². The molecule has 4 nitrogen and oxygen atoms in total. The summed E-state index contributed by atoms with van der Waals surface area (Å²) >= 11 is 1.51. The number of hydrogen-bond acceptors (Lipinski definition) is 4. The quantitative estimate of drug-likeness (QED) is 0.794. The van der Waals surface area contributed by atoms with Crippen molar-refractivity contribution in [1.29, 1.82) is 0 Å². The van der Waals surface area contributed by atoms with Crippen LogP contribution in [0.5, 0.6) is 0 Å². The molecule has 2 N–H and O–H groups in total. The van der Waals surface area contributed by atoms with Crippen LogP contribution < -0.4 is 5.32 Å². The topological polar surface area (TPSA) is 58.6 Å². The zero-order valence-electron chi connectivity index (χ0n) is 11.2. The van der Waals surface area contributed by atoms with Gasteiger partial charge in [-0.25, -0.2) is 0 Å². The number of aliphatic hydroxyl groups excluding tert-OH is 1. The van der Waals surface area contributed by atoms with Crippen molar-refractivity contribution in [3.05, 3.63) is 21.4 Å². The van der Waals surface area contributed by atoms with Crippen molar-refractivity contribution in [2.45, 2.75) is 32.7 Å². The van der Waals surface area contributed by atoms with Crippen LogP contribution in [0.25, 0.3) is 0 Å². The second kappa shape index (κ2) is 7.51. The minimum absolute atomic E-state index is 0.0397. The Morgan fingerprint density at radius 1 is 1.61 bits per heavy atom. The Labute approximate surface area is 112 Å². The molecule has 0 aliphatic rings. The average Bonchev–Trinajstić information content (AvgIpc) is 2.71. The van der Waals surface area contributed by atoms with E-state index in [1.54, 1.807) is 7.11 Å². The summed E-state index contributed by atoms with van der Waals surface area (Å²) in [5, 5.41) is 11.8. The van der Waals surface area contributed by atoms with Crippen LogP contribution >= 0.6 is 11.3 Å². The Morgan fingerprint density at radius 2 is 2.33 bits per heavy atom. The lowest BCUT2D eigenvalue weighted by atomic mass is 10.2. The second-order valence-electron chi connectivity index (χ2n) is 4.18. The normalized spacial score (nSPS) is 12.4. The lowest BCUT2D eigenvalue weighted by Gasteiger charge is -2.16. The Hall–Kier alpha value is -0.910. The number of thiophene rings is 1. The molecule has 0 bridgehead atoms. The molecule has 102 valence electrons. The van der Waals surface area contributed by atoms with Gasteiger partial charge >= 0.3 is 0 Å². The first-order valence-electron chi connectivity index (χ1n) is 6.12. The van der Waals surface area contributed by atoms with Gasteiger partial charge in [0.05, 0.1) is 17.5 Å². The van der Waals surface area contributed by atoms with Crippen molar-refractivity contribution < 1.29 is 14.6 Å². The molecule has 18 heavy (non-hydrogen) atoms. The highest BCUT2D eigenvalue weighted by Crippen LogP contribution is 2.22. The monoisotopic (exact) mass is 271 g/mol. The zero-order valence-corrected chi connectivity index (χ0v) is 12.0. The van der Waals surface area contributed by atoms with E-state index >= 15 is 0 Å². The summed E-state index contributed by atoms with van der Waals surface area (Å²) in [7, 11) is 1.58. The summed E-state index contributed by atoms with van der Waals surface area (Å²) < 4.78 is 5.02. The maximum absolute atomic E-state index is 12.0. The molecule has 0 aliphatic heterocycles. The minimum atomic E-state index is -0.139. The highest BCUT2D eigenvalue weighted by Gasteiger charge is 2.16. The van der Waals surface area contributed by atoms with Gasteiger partial charge in [0.1, 0.15) is 0 Å². The van der Waals surface area contributed by atoms with Crippen molar-refractivity contribution in [3.63, 3.8) is 0 Å². The van der Waals surface area contributed by atoms with E-state index in [1.165, 1.54) is 21.8 Å². The summed E-state index contributed by atoms with van der Waals surface area (Å²) in [4.78, 5) is 14.0. The third-order valence-electron chi connectivity index (χ3n) is 2.81. The fourth-order valence-corrected chi connectivity index (χ4v) is 2.81. The van der Waals surface area contributed by atoms with Gasteiger partial charge in [-0.15, -0.1) is 11.3 Å². The van der Waals surface area contributed by atoms with Crippen LogP contribution in [0, 0.1) is 6.92 Å². The molecule has 1 amide bonds. The predicted molar refractivity (Wildman–Crippen MR) is 73.3 cm³/mol. The Bertz CT molecular complexity index is 384. The summed E-state index contributed by atoms with van der Waals surface area (Å²) in [6, 6.07) is 1.80. The number of methoxy groups -OCH3 is 1. The largest absolute Gasteiger partial charge is 0.396 e. The Morgan fingerprint density at radius 3 is 2.83 bits per heavy atom. The van der Waals surface area contributed by atoms with E-state index in [1.807, 2.05) is 13.0 Å². The number of ether oxygens (including phenoxy) is 1. The van der Waals surface area contributed by atoms with Crippen LogP contribution in [0.4, 0.5) is 0 Å². The average molecular weight is 271 g/mol. The molecule has 0 fully saturated rings. The number of rotatable bonds is 7. The molecular weight excluding hydrogens is 250 g/mol. The molecule has 0 saturated carbocycles. The molecule has 0 saturated heterocycles. The maximum atomic E-state index is 12.0. The van der Waals surface area contributed by atoms with Gasteiger partial charge in [-0.2, -0.15) is 0 Å². The summed E-state index contributed by atoms with van der Waals surface area (Å²) in [5.41, 5.74) is 1.22. The highest BCUT2D eigenvalue weighted by atomic mass is 32.1. The number of amides is 1. The van der Waals surface area contributed by atoms with Gasteiger partial charge in [0.15, 0.2) is 0 Å². The number of aliphatic hydroxyl groups is 1. The number of carbonyl (C=O) groups excluding carboxylic acids is 1. The molecule has 1 heterocycles. The van der Waals surface area contributed by atoms with Crippen LogP contribution in [-0.2, 0) is 11.2 Å². The zero-order chi connectivity index (χ0) is 13.5. The van der Waals surface area contributed by atoms with Gasteiger partial charge in [-0.1, -0.05) is 6.92 Å². The number of aryl methyl sites for hydroxylation is 2. The molecule has 0 spiro atoms. The Balaban J connectivity index is 2.67. The van der Waals surface area contributed by atoms with Crippen molar-refractivity contribution in [1.82, 2.24) is 5.32 Å². The summed E-state index contributed by atoms with van der Waals surface area (Å²) in [6.45, 7) is 4.56. The third kappa shape index (κ3) is 4.08. The summed E-state index contributed by atoms with van der Waals surface area (Å²) in [6.07, 6.45) is 1.44. The van der Waals surface area contributed by atoms with Crippen LogP contribution in [0.3, 0.4) is 0 Å². The molecule has 1 atom stereocenters. The highest BCUT2D eigenvalue weighted by molar-refractivity contribution is 7.14. The maximum Gasteiger partial charge on any atom is 0.261 e. The van der Waals surface area contributed by atoms with Crippen molar-refractivity contribution >= 4 is 17.2 Å². The molecule has 5 heteroatoms. The van der Waals surface area contributed by atoms with E-state index in [-0.39, 0.29) is 18.6 Å². The van der Waals surface area contributed by atoms with Gasteiger partial charge in [-0.05, 0) is 31.4 Å². The van der Waals surface area contributed by atoms with Crippen molar-refractivity contribution in [3.8, 4) is 0 Å². The van der Waals surface area contributed by atoms with Crippen LogP contribution in [0.15, 0.2) is 6.07 Å². The van der Waals surface area contributed by atoms with Crippen molar-refractivity contribution in [2.24, 2.45) is 0 Å². The van der Waals surface area contributed by atoms with Gasteiger partial charge in [-0.3, -0.25) is 4.79 Å². The van der Waals surface area contributed by atoms with Crippen LogP contribution in [0.1, 0.15) is 33.5 Å². The molecule has 1 aromatic rings. The standard InChI is InChI=1S/C13H21NO3S/c1-4-10-7-12(18-9(10)2)13(16)14-11(5-6-15)8-17-3/h7,11,15H,4-6,8H2,1-3H3,(H,14,16). The second-order valence-corrected chi connectivity index (χ2v) is 5.44. The number of nitrogens with one attached hydrogen (secondary N) is 1. The van der Waals surface area contributed by atoms with Gasteiger partial charge in [0.25, 0.3) is 5.91 Å². The molecule has 0 aliphatic carbocycles. The van der Waals surface area contributed by atoms with Gasteiger partial charge in [0, 0.05) is 18.6 Å². The fraction of sp³-hybridized carbons (Fsp3) is 0.615. The lowest BCUT2D eigenvalue weighted by molar-refractivity contribution is 0.0882. The molecule has 1 aromatic heterocycles. The Kier molecular flexibility index (Phi) is 6.32. The van der Waals surface area contributed by atoms with Crippen molar-refractivity contribution in [2.75, 3.05) is 20.3 Å². The predicted octanol–water partition coefficient (Wildman–Crippen LogP) is 1.75. The fourth-order valence-electron chi connectivity index (χ4n) is 1.79.